The fraction of sp³-hybridized carbons (Fsp3) is 0. The lowest BCUT2D eigenvalue weighted by Crippen LogP contribution is -2.04. The molecule has 2 aromatic rings. The van der Waals surface area contributed by atoms with Gasteiger partial charge < -0.3 is 9.84 Å². The van der Waals surface area contributed by atoms with E-state index in [0.29, 0.717) is 0 Å². The lowest BCUT2D eigenvalue weighted by molar-refractivity contribution is -0.385. The molecule has 0 radical (unpaired) electrons. The van der Waals surface area contributed by atoms with Crippen molar-refractivity contribution in [2.24, 2.45) is 0 Å². The summed E-state index contributed by atoms with van der Waals surface area (Å²) in [5.74, 6) is -1.32. The van der Waals surface area contributed by atoms with Gasteiger partial charge in [-0.3, -0.25) is 10.1 Å². The molecule has 9 heteroatoms. The van der Waals surface area contributed by atoms with E-state index < -0.39 is 10.9 Å². The van der Waals surface area contributed by atoms with Crippen molar-refractivity contribution in [3.63, 3.8) is 0 Å². The molecule has 2 heterocycles. The highest BCUT2D eigenvalue weighted by molar-refractivity contribution is 5.88. The highest BCUT2D eigenvalue weighted by Crippen LogP contribution is 2.21. The predicted molar refractivity (Wildman–Crippen MR) is 60.0 cm³/mol. The normalized spacial score (nSPS) is 9.89. The minimum Gasteiger partial charge on any atom is -0.476 e. The molecule has 9 nitrogen and oxygen atoms in total. The van der Waals surface area contributed by atoms with Gasteiger partial charge in [0.2, 0.25) is 0 Å². The third-order valence-electron chi connectivity index (χ3n) is 2.00. The van der Waals surface area contributed by atoms with Crippen LogP contribution in [0.3, 0.4) is 0 Å². The molecule has 0 bridgehead atoms. The minimum atomic E-state index is -1.27. The second-order valence-electron chi connectivity index (χ2n) is 3.24. The number of nitro groups is 1. The molecule has 0 saturated carbocycles. The first kappa shape index (κ1) is 12.4. The molecule has 0 aliphatic rings. The zero-order chi connectivity index (χ0) is 13.8. The first-order valence-corrected chi connectivity index (χ1v) is 4.90. The maximum Gasteiger partial charge on any atom is 0.358 e. The highest BCUT2D eigenvalue weighted by Gasteiger charge is 2.15. The molecule has 0 aliphatic heterocycles. The Balaban J connectivity index is 2.26. The summed E-state index contributed by atoms with van der Waals surface area (Å²) in [6.45, 7) is 0. The van der Waals surface area contributed by atoms with E-state index in [0.717, 1.165) is 12.4 Å². The Morgan fingerprint density at radius 1 is 1.32 bits per heavy atom. The van der Waals surface area contributed by atoms with E-state index >= 15 is 0 Å². The van der Waals surface area contributed by atoms with Gasteiger partial charge in [-0.15, -0.1) is 0 Å². The van der Waals surface area contributed by atoms with Crippen molar-refractivity contribution in [1.82, 2.24) is 15.0 Å². The number of rotatable bonds is 4. The van der Waals surface area contributed by atoms with Gasteiger partial charge in [0.25, 0.3) is 0 Å². The van der Waals surface area contributed by atoms with Crippen LogP contribution in [0.25, 0.3) is 0 Å². The van der Waals surface area contributed by atoms with E-state index in [1.807, 2.05) is 0 Å². The SMILES string of the molecule is O=C(O)c1ncccc1Oc1ncc([N+](=O)[O-])cn1. The summed E-state index contributed by atoms with van der Waals surface area (Å²) in [7, 11) is 0. The largest absolute Gasteiger partial charge is 0.476 e. The Hall–Kier alpha value is -3.10. The Morgan fingerprint density at radius 3 is 2.58 bits per heavy atom. The first-order valence-electron chi connectivity index (χ1n) is 4.90. The van der Waals surface area contributed by atoms with Crippen LogP contribution in [-0.4, -0.2) is 31.0 Å². The number of hydrogen-bond donors (Lipinski definition) is 1. The Kier molecular flexibility index (Phi) is 3.28. The molecule has 2 rings (SSSR count). The van der Waals surface area contributed by atoms with Gasteiger partial charge in [0.05, 0.1) is 4.92 Å². The summed E-state index contributed by atoms with van der Waals surface area (Å²) < 4.78 is 5.12. The van der Waals surface area contributed by atoms with Crippen molar-refractivity contribution in [3.05, 3.63) is 46.5 Å². The molecule has 19 heavy (non-hydrogen) atoms. The Bertz CT molecular complexity index is 628. The van der Waals surface area contributed by atoms with Crippen LogP contribution in [0.15, 0.2) is 30.7 Å². The van der Waals surface area contributed by atoms with Gasteiger partial charge in [-0.1, -0.05) is 0 Å². The van der Waals surface area contributed by atoms with Crippen molar-refractivity contribution in [3.8, 4) is 11.8 Å². The summed E-state index contributed by atoms with van der Waals surface area (Å²) in [6.07, 6.45) is 3.21. The maximum absolute atomic E-state index is 10.9. The number of ether oxygens (including phenoxy) is 1. The number of aromatic carboxylic acids is 1. The van der Waals surface area contributed by atoms with Crippen molar-refractivity contribution >= 4 is 11.7 Å². The number of carboxylic acid groups (broad SMARTS) is 1. The van der Waals surface area contributed by atoms with Crippen molar-refractivity contribution in [2.45, 2.75) is 0 Å². The number of carboxylic acids is 1. The lowest BCUT2D eigenvalue weighted by Gasteiger charge is -2.04. The number of carbonyl (C=O) groups is 1. The number of nitrogens with zero attached hydrogens (tertiary/aromatic N) is 4. The van der Waals surface area contributed by atoms with E-state index in [1.165, 1.54) is 18.3 Å². The summed E-state index contributed by atoms with van der Waals surface area (Å²) >= 11 is 0. The third-order valence-corrected chi connectivity index (χ3v) is 2.00. The maximum atomic E-state index is 10.9. The molecule has 0 unspecified atom stereocenters. The summed E-state index contributed by atoms with van der Waals surface area (Å²) in [5.41, 5.74) is -0.596. The topological polar surface area (TPSA) is 128 Å². The van der Waals surface area contributed by atoms with Crippen LogP contribution < -0.4 is 4.74 Å². The van der Waals surface area contributed by atoms with Gasteiger partial charge in [-0.25, -0.2) is 9.78 Å². The van der Waals surface area contributed by atoms with Gasteiger partial charge in [-0.2, -0.15) is 9.97 Å². The van der Waals surface area contributed by atoms with E-state index in [-0.39, 0.29) is 23.1 Å². The second-order valence-corrected chi connectivity index (χ2v) is 3.24. The monoisotopic (exact) mass is 262 g/mol. The average molecular weight is 262 g/mol. The molecule has 1 N–H and O–H groups in total. The fourth-order valence-corrected chi connectivity index (χ4v) is 1.19. The second kappa shape index (κ2) is 5.04. The van der Waals surface area contributed by atoms with Gasteiger partial charge in [-0.05, 0) is 12.1 Å². The van der Waals surface area contributed by atoms with E-state index in [2.05, 4.69) is 15.0 Å². The zero-order valence-electron chi connectivity index (χ0n) is 9.26. The number of pyridine rings is 1. The number of aromatic nitrogens is 3. The van der Waals surface area contributed by atoms with Crippen LogP contribution in [-0.2, 0) is 0 Å². The molecule has 0 aromatic carbocycles. The van der Waals surface area contributed by atoms with Crippen LogP contribution >= 0.6 is 0 Å². The predicted octanol–water partition coefficient (Wildman–Crippen LogP) is 1.27. The van der Waals surface area contributed by atoms with Gasteiger partial charge in [0.15, 0.2) is 11.4 Å². The summed E-state index contributed by atoms with van der Waals surface area (Å²) in [6, 6.07) is 2.65. The number of hydrogen-bond acceptors (Lipinski definition) is 7. The zero-order valence-corrected chi connectivity index (χ0v) is 9.26. The van der Waals surface area contributed by atoms with E-state index in [1.54, 1.807) is 0 Å². The summed E-state index contributed by atoms with van der Waals surface area (Å²) in [4.78, 5) is 31.5. The van der Waals surface area contributed by atoms with E-state index in [9.17, 15) is 14.9 Å². The summed E-state index contributed by atoms with van der Waals surface area (Å²) in [5, 5.41) is 19.3. The fourth-order valence-electron chi connectivity index (χ4n) is 1.19. The van der Waals surface area contributed by atoms with Gasteiger partial charge >= 0.3 is 17.7 Å². The first-order chi connectivity index (χ1) is 9.08. The molecule has 0 atom stereocenters. The van der Waals surface area contributed by atoms with Gasteiger partial charge in [0, 0.05) is 6.20 Å². The standard InChI is InChI=1S/C10H6N4O5/c15-9(16)8-7(2-1-3-11-8)19-10-12-4-6(5-13-10)14(17)18/h1-5H,(H,15,16). The Labute approximate surface area is 105 Å². The molecule has 0 amide bonds. The van der Waals surface area contributed by atoms with Crippen LogP contribution in [0.1, 0.15) is 10.5 Å². The molecule has 0 aliphatic carbocycles. The third kappa shape index (κ3) is 2.77. The molecule has 96 valence electrons. The minimum absolute atomic E-state index is 0.0520. The smallest absolute Gasteiger partial charge is 0.358 e. The Morgan fingerprint density at radius 2 is 2.00 bits per heavy atom. The van der Waals surface area contributed by atoms with Crippen molar-refractivity contribution in [2.75, 3.05) is 0 Å². The van der Waals surface area contributed by atoms with Crippen LogP contribution in [0.5, 0.6) is 11.8 Å². The average Bonchev–Trinajstić information content (AvgIpc) is 2.39. The van der Waals surface area contributed by atoms with Crippen molar-refractivity contribution in [1.29, 1.82) is 0 Å². The molecule has 0 saturated heterocycles. The highest BCUT2D eigenvalue weighted by atomic mass is 16.6. The molecular weight excluding hydrogens is 256 g/mol. The lowest BCUT2D eigenvalue weighted by atomic mass is 10.3. The van der Waals surface area contributed by atoms with Gasteiger partial charge in [0.1, 0.15) is 12.4 Å². The van der Waals surface area contributed by atoms with Crippen LogP contribution in [0.2, 0.25) is 0 Å². The molecule has 2 aromatic heterocycles. The molecule has 0 fully saturated rings. The molecule has 0 spiro atoms. The van der Waals surface area contributed by atoms with Crippen LogP contribution in [0.4, 0.5) is 5.69 Å². The molecular formula is C10H6N4O5. The quantitative estimate of drug-likeness (QED) is 0.644. The van der Waals surface area contributed by atoms with Crippen LogP contribution in [0, 0.1) is 10.1 Å². The van der Waals surface area contributed by atoms with Crippen molar-refractivity contribution < 1.29 is 19.6 Å². The van der Waals surface area contributed by atoms with E-state index in [4.69, 9.17) is 9.84 Å².